The SMILES string of the molecule is CC(C)(C)NC(=O)CSc1nc2ccc(NC(=O)CSc3ccccn3)cc2s1. The Labute approximate surface area is 182 Å². The maximum Gasteiger partial charge on any atom is 0.234 e. The molecule has 0 saturated heterocycles. The minimum Gasteiger partial charge on any atom is -0.351 e. The molecule has 0 unspecified atom stereocenters. The van der Waals surface area contributed by atoms with Gasteiger partial charge in [0.25, 0.3) is 0 Å². The van der Waals surface area contributed by atoms with Gasteiger partial charge in [-0.2, -0.15) is 0 Å². The minimum atomic E-state index is -0.243. The van der Waals surface area contributed by atoms with E-state index in [0.29, 0.717) is 11.5 Å². The van der Waals surface area contributed by atoms with E-state index in [4.69, 9.17) is 0 Å². The van der Waals surface area contributed by atoms with Crippen LogP contribution in [0.3, 0.4) is 0 Å². The van der Waals surface area contributed by atoms with Crippen molar-refractivity contribution in [2.24, 2.45) is 0 Å². The summed E-state index contributed by atoms with van der Waals surface area (Å²) in [6, 6.07) is 11.3. The molecule has 2 heterocycles. The largest absolute Gasteiger partial charge is 0.351 e. The van der Waals surface area contributed by atoms with Gasteiger partial charge in [-0.1, -0.05) is 29.6 Å². The second-order valence-corrected chi connectivity index (χ2v) is 10.5. The number of hydrogen-bond donors (Lipinski definition) is 2. The molecule has 2 amide bonds. The Morgan fingerprint density at radius 2 is 1.86 bits per heavy atom. The number of thioether (sulfide) groups is 2. The lowest BCUT2D eigenvalue weighted by Gasteiger charge is -2.19. The number of anilines is 1. The molecule has 1 aromatic carbocycles. The average molecular weight is 447 g/mol. The first-order chi connectivity index (χ1) is 13.8. The number of nitrogens with one attached hydrogen (secondary N) is 2. The Morgan fingerprint density at radius 3 is 2.59 bits per heavy atom. The highest BCUT2D eigenvalue weighted by Gasteiger charge is 2.15. The highest BCUT2D eigenvalue weighted by atomic mass is 32.2. The first-order valence-electron chi connectivity index (χ1n) is 8.96. The van der Waals surface area contributed by atoms with Crippen LogP contribution in [-0.4, -0.2) is 38.8 Å². The number of amides is 2. The Kier molecular flexibility index (Phi) is 7.15. The molecule has 0 saturated carbocycles. The summed E-state index contributed by atoms with van der Waals surface area (Å²) < 4.78 is 1.80. The van der Waals surface area contributed by atoms with E-state index >= 15 is 0 Å². The molecule has 6 nitrogen and oxygen atoms in total. The number of nitrogens with zero attached hydrogens (tertiary/aromatic N) is 2. The normalized spacial score (nSPS) is 11.4. The van der Waals surface area contributed by atoms with E-state index in [0.717, 1.165) is 25.3 Å². The molecular formula is C20H22N4O2S3. The van der Waals surface area contributed by atoms with E-state index < -0.39 is 0 Å². The molecule has 0 aliphatic heterocycles. The Bertz CT molecular complexity index is 1000. The molecule has 0 aliphatic rings. The van der Waals surface area contributed by atoms with Crippen molar-refractivity contribution in [1.82, 2.24) is 15.3 Å². The van der Waals surface area contributed by atoms with Crippen molar-refractivity contribution in [3.8, 4) is 0 Å². The second-order valence-electron chi connectivity index (χ2n) is 7.25. The fourth-order valence-electron chi connectivity index (χ4n) is 2.39. The fourth-order valence-corrected chi connectivity index (χ4v) is 4.96. The van der Waals surface area contributed by atoms with Gasteiger partial charge in [-0.3, -0.25) is 9.59 Å². The quantitative estimate of drug-likeness (QED) is 0.523. The number of rotatable bonds is 7. The van der Waals surface area contributed by atoms with E-state index in [-0.39, 0.29) is 17.4 Å². The maximum atomic E-state index is 12.2. The zero-order valence-electron chi connectivity index (χ0n) is 16.4. The van der Waals surface area contributed by atoms with Crippen molar-refractivity contribution < 1.29 is 9.59 Å². The van der Waals surface area contributed by atoms with Gasteiger partial charge < -0.3 is 10.6 Å². The highest BCUT2D eigenvalue weighted by Crippen LogP contribution is 2.31. The van der Waals surface area contributed by atoms with Crippen LogP contribution in [0.2, 0.25) is 0 Å². The first kappa shape index (κ1) is 21.6. The molecule has 0 spiro atoms. The van der Waals surface area contributed by atoms with Crippen molar-refractivity contribution in [2.75, 3.05) is 16.8 Å². The molecule has 0 atom stereocenters. The zero-order valence-corrected chi connectivity index (χ0v) is 18.8. The summed E-state index contributed by atoms with van der Waals surface area (Å²) in [4.78, 5) is 32.9. The van der Waals surface area contributed by atoms with E-state index in [1.54, 1.807) is 6.20 Å². The molecule has 2 aromatic heterocycles. The number of thiazole rings is 1. The molecule has 9 heteroatoms. The number of hydrogen-bond acceptors (Lipinski definition) is 7. The third kappa shape index (κ3) is 7.02. The van der Waals surface area contributed by atoms with E-state index in [1.807, 2.05) is 57.2 Å². The number of aromatic nitrogens is 2. The predicted molar refractivity (Wildman–Crippen MR) is 122 cm³/mol. The van der Waals surface area contributed by atoms with Gasteiger partial charge in [-0.05, 0) is 51.1 Å². The summed E-state index contributed by atoms with van der Waals surface area (Å²) >= 11 is 4.33. The Hall–Kier alpha value is -2.10. The molecule has 29 heavy (non-hydrogen) atoms. The summed E-state index contributed by atoms with van der Waals surface area (Å²) in [5.41, 5.74) is 1.34. The smallest absolute Gasteiger partial charge is 0.234 e. The lowest BCUT2D eigenvalue weighted by molar-refractivity contribution is -0.120. The molecule has 3 aromatic rings. The Morgan fingerprint density at radius 1 is 1.07 bits per heavy atom. The van der Waals surface area contributed by atoms with Gasteiger partial charge >= 0.3 is 0 Å². The van der Waals surface area contributed by atoms with Gasteiger partial charge in [0.1, 0.15) is 0 Å². The minimum absolute atomic E-state index is 0.0138. The molecule has 3 rings (SSSR count). The fraction of sp³-hybridized carbons (Fsp3) is 0.300. The van der Waals surface area contributed by atoms with Crippen LogP contribution in [0.25, 0.3) is 10.2 Å². The van der Waals surface area contributed by atoms with Gasteiger partial charge in [0.05, 0.1) is 26.7 Å². The monoisotopic (exact) mass is 446 g/mol. The lowest BCUT2D eigenvalue weighted by Crippen LogP contribution is -2.41. The van der Waals surface area contributed by atoms with Gasteiger partial charge in [-0.25, -0.2) is 9.97 Å². The van der Waals surface area contributed by atoms with Gasteiger partial charge in [0, 0.05) is 17.4 Å². The van der Waals surface area contributed by atoms with Crippen molar-refractivity contribution >= 4 is 62.6 Å². The van der Waals surface area contributed by atoms with Gasteiger partial charge in [0.15, 0.2) is 4.34 Å². The van der Waals surface area contributed by atoms with Crippen LogP contribution in [0.5, 0.6) is 0 Å². The number of carbonyl (C=O) groups excluding carboxylic acids is 2. The van der Waals surface area contributed by atoms with E-state index in [2.05, 4.69) is 20.6 Å². The molecule has 0 bridgehead atoms. The maximum absolute atomic E-state index is 12.2. The summed E-state index contributed by atoms with van der Waals surface area (Å²) in [6.45, 7) is 5.87. The van der Waals surface area contributed by atoms with Gasteiger partial charge in [-0.15, -0.1) is 11.3 Å². The molecule has 152 valence electrons. The van der Waals surface area contributed by atoms with Gasteiger partial charge in [0.2, 0.25) is 11.8 Å². The number of fused-ring (bicyclic) bond motifs is 1. The van der Waals surface area contributed by atoms with Crippen LogP contribution in [0.4, 0.5) is 5.69 Å². The standard InChI is InChI=1S/C20H22N4O2S3/c1-20(2,3)24-17(26)12-28-19-23-14-8-7-13(10-15(14)29-19)22-16(25)11-27-18-6-4-5-9-21-18/h4-10H,11-12H2,1-3H3,(H,22,25)(H,24,26). The molecule has 0 fully saturated rings. The van der Waals surface area contributed by atoms with Crippen molar-refractivity contribution in [3.05, 3.63) is 42.6 Å². The topological polar surface area (TPSA) is 84.0 Å². The van der Waals surface area contributed by atoms with Crippen LogP contribution in [-0.2, 0) is 9.59 Å². The van der Waals surface area contributed by atoms with Crippen LogP contribution in [0.1, 0.15) is 20.8 Å². The third-order valence-electron chi connectivity index (χ3n) is 3.48. The third-order valence-corrected chi connectivity index (χ3v) is 6.59. The van der Waals surface area contributed by atoms with Crippen LogP contribution in [0.15, 0.2) is 52.0 Å². The van der Waals surface area contributed by atoms with Crippen molar-refractivity contribution in [1.29, 1.82) is 0 Å². The summed E-state index contributed by atoms with van der Waals surface area (Å²) in [6.07, 6.45) is 1.71. The van der Waals surface area contributed by atoms with Crippen LogP contribution >= 0.6 is 34.9 Å². The molecule has 2 N–H and O–H groups in total. The average Bonchev–Trinajstić information content (AvgIpc) is 3.06. The lowest BCUT2D eigenvalue weighted by atomic mass is 10.1. The highest BCUT2D eigenvalue weighted by molar-refractivity contribution is 8.01. The number of benzene rings is 1. The van der Waals surface area contributed by atoms with Crippen LogP contribution in [0, 0.1) is 0 Å². The summed E-state index contributed by atoms with van der Waals surface area (Å²) in [5, 5.41) is 6.67. The zero-order chi connectivity index (χ0) is 20.9. The molecular weight excluding hydrogens is 424 g/mol. The summed E-state index contributed by atoms with van der Waals surface area (Å²) in [5.74, 6) is 0.519. The molecule has 0 aliphatic carbocycles. The molecule has 0 radical (unpaired) electrons. The van der Waals surface area contributed by atoms with E-state index in [9.17, 15) is 9.59 Å². The predicted octanol–water partition coefficient (Wildman–Crippen LogP) is 4.43. The summed E-state index contributed by atoms with van der Waals surface area (Å²) in [7, 11) is 0. The number of carbonyl (C=O) groups is 2. The van der Waals surface area contributed by atoms with Crippen molar-refractivity contribution in [2.45, 2.75) is 35.7 Å². The second kappa shape index (κ2) is 9.60. The first-order valence-corrected chi connectivity index (χ1v) is 11.8. The van der Waals surface area contributed by atoms with Crippen LogP contribution < -0.4 is 10.6 Å². The van der Waals surface area contributed by atoms with E-state index in [1.165, 1.54) is 34.9 Å². The van der Waals surface area contributed by atoms with Crippen molar-refractivity contribution in [3.63, 3.8) is 0 Å². The Balaban J connectivity index is 1.56. The number of pyridine rings is 1.